The summed E-state index contributed by atoms with van der Waals surface area (Å²) in [6.07, 6.45) is 4.45. The molecule has 0 spiro atoms. The number of rotatable bonds is 1. The van der Waals surface area contributed by atoms with Crippen molar-refractivity contribution in [3.63, 3.8) is 0 Å². The van der Waals surface area contributed by atoms with Crippen LogP contribution >= 0.6 is 12.6 Å². The number of nitrogens with zero attached hydrogens (tertiary/aromatic N) is 1. The van der Waals surface area contributed by atoms with Gasteiger partial charge in [-0.05, 0) is 12.2 Å². The highest BCUT2D eigenvalue weighted by atomic mass is 32.1. The minimum atomic E-state index is -0.439. The molecule has 0 N–H and O–H groups in total. The minimum absolute atomic E-state index is 0.0992. The van der Waals surface area contributed by atoms with Gasteiger partial charge in [0.1, 0.15) is 5.25 Å². The summed E-state index contributed by atoms with van der Waals surface area (Å²) >= 11 is 3.95. The molecule has 0 aromatic carbocycles. The van der Waals surface area contributed by atoms with Gasteiger partial charge in [0.2, 0.25) is 0 Å². The van der Waals surface area contributed by atoms with E-state index in [1.165, 1.54) is 12.2 Å². The Bertz CT molecular complexity index is 250. The van der Waals surface area contributed by atoms with E-state index in [-0.39, 0.29) is 5.70 Å². The van der Waals surface area contributed by atoms with E-state index in [4.69, 9.17) is 0 Å². The molecule has 0 radical (unpaired) electrons. The van der Waals surface area contributed by atoms with Gasteiger partial charge in [0.05, 0.1) is 4.92 Å². The summed E-state index contributed by atoms with van der Waals surface area (Å²) in [5.41, 5.74) is 2.81. The van der Waals surface area contributed by atoms with Crippen LogP contribution in [0.2, 0.25) is 0 Å². The zero-order valence-electron chi connectivity index (χ0n) is 5.02. The fraction of sp³-hybridized carbons (Fsp3) is 0.167. The lowest BCUT2D eigenvalue weighted by molar-refractivity contribution is -0.425. The first-order valence-corrected chi connectivity index (χ1v) is 3.18. The summed E-state index contributed by atoms with van der Waals surface area (Å²) in [7, 11) is 0. The third-order valence-electron chi connectivity index (χ3n) is 1.12. The molecule has 1 rings (SSSR count). The third-order valence-corrected chi connectivity index (χ3v) is 1.53. The average Bonchev–Trinajstić information content (AvgIpc) is 1.88. The maximum atomic E-state index is 10.2. The molecular formula is C6H5NO2S. The second-order valence-corrected chi connectivity index (χ2v) is 2.35. The van der Waals surface area contributed by atoms with Crippen molar-refractivity contribution in [2.45, 2.75) is 5.25 Å². The predicted molar refractivity (Wildman–Crippen MR) is 40.5 cm³/mol. The molecule has 0 fully saturated rings. The molecule has 0 bridgehead atoms. The van der Waals surface area contributed by atoms with Crippen LogP contribution in [-0.2, 0) is 0 Å². The topological polar surface area (TPSA) is 43.1 Å². The van der Waals surface area contributed by atoms with E-state index in [1.807, 2.05) is 0 Å². The molecule has 0 saturated heterocycles. The number of thiol groups is 1. The van der Waals surface area contributed by atoms with Crippen LogP contribution in [0.15, 0.2) is 29.7 Å². The summed E-state index contributed by atoms with van der Waals surface area (Å²) in [6, 6.07) is 0. The Kier molecular flexibility index (Phi) is 1.94. The first kappa shape index (κ1) is 7.12. The predicted octanol–water partition coefficient (Wildman–Crippen LogP) is 1.17. The molecule has 1 aliphatic carbocycles. The maximum Gasteiger partial charge on any atom is 0.263 e. The van der Waals surface area contributed by atoms with E-state index in [0.717, 1.165) is 0 Å². The lowest BCUT2D eigenvalue weighted by Gasteiger charge is -2.01. The second-order valence-electron chi connectivity index (χ2n) is 1.79. The van der Waals surface area contributed by atoms with Gasteiger partial charge in [-0.15, -0.1) is 5.73 Å². The van der Waals surface area contributed by atoms with Crippen molar-refractivity contribution in [1.29, 1.82) is 0 Å². The first-order valence-electron chi connectivity index (χ1n) is 2.67. The summed E-state index contributed by atoms with van der Waals surface area (Å²) in [6.45, 7) is 0. The molecule has 0 saturated carbocycles. The van der Waals surface area contributed by atoms with E-state index < -0.39 is 10.2 Å². The van der Waals surface area contributed by atoms with Crippen LogP contribution in [0.3, 0.4) is 0 Å². The van der Waals surface area contributed by atoms with E-state index in [2.05, 4.69) is 18.4 Å². The molecule has 0 heterocycles. The number of hydrogen-bond donors (Lipinski definition) is 1. The first-order chi connectivity index (χ1) is 4.72. The normalized spacial score (nSPS) is 22.5. The SMILES string of the molecule is O=[N+]([O-])C1=CC=C=CC1S. The molecule has 1 atom stereocenters. The summed E-state index contributed by atoms with van der Waals surface area (Å²) < 4.78 is 0. The molecule has 52 valence electrons. The Hall–Kier alpha value is -0.990. The van der Waals surface area contributed by atoms with Gasteiger partial charge < -0.3 is 0 Å². The zero-order valence-corrected chi connectivity index (χ0v) is 5.91. The molecule has 10 heavy (non-hydrogen) atoms. The molecular weight excluding hydrogens is 150 g/mol. The van der Waals surface area contributed by atoms with Gasteiger partial charge in [-0.25, -0.2) is 0 Å². The van der Waals surface area contributed by atoms with Gasteiger partial charge in [-0.1, -0.05) is 0 Å². The largest absolute Gasteiger partial charge is 0.263 e. The molecule has 1 unspecified atom stereocenters. The lowest BCUT2D eigenvalue weighted by Crippen LogP contribution is -2.10. The Labute approximate surface area is 63.3 Å². The molecule has 0 amide bonds. The van der Waals surface area contributed by atoms with Crippen molar-refractivity contribution in [2.24, 2.45) is 0 Å². The highest BCUT2D eigenvalue weighted by Gasteiger charge is 2.18. The Morgan fingerprint density at radius 2 is 2.50 bits per heavy atom. The van der Waals surface area contributed by atoms with Crippen LogP contribution < -0.4 is 0 Å². The van der Waals surface area contributed by atoms with Gasteiger partial charge in [-0.3, -0.25) is 10.1 Å². The zero-order chi connectivity index (χ0) is 7.56. The number of nitro groups is 1. The smallest absolute Gasteiger partial charge is 0.259 e. The number of hydrogen-bond acceptors (Lipinski definition) is 3. The van der Waals surface area contributed by atoms with Crippen LogP contribution in [0.25, 0.3) is 0 Å². The fourth-order valence-electron chi connectivity index (χ4n) is 0.633. The van der Waals surface area contributed by atoms with Crippen molar-refractivity contribution < 1.29 is 4.92 Å². The van der Waals surface area contributed by atoms with Crippen molar-refractivity contribution in [2.75, 3.05) is 0 Å². The van der Waals surface area contributed by atoms with Crippen LogP contribution in [0.1, 0.15) is 0 Å². The highest BCUT2D eigenvalue weighted by molar-refractivity contribution is 7.81. The third kappa shape index (κ3) is 1.29. The van der Waals surface area contributed by atoms with Crippen molar-refractivity contribution in [1.82, 2.24) is 0 Å². The summed E-state index contributed by atoms with van der Waals surface area (Å²) in [5, 5.41) is 9.77. The second kappa shape index (κ2) is 2.73. The van der Waals surface area contributed by atoms with Gasteiger partial charge in [0.15, 0.2) is 0 Å². The van der Waals surface area contributed by atoms with Crippen LogP contribution in [0.4, 0.5) is 0 Å². The van der Waals surface area contributed by atoms with Gasteiger partial charge in [-0.2, -0.15) is 12.6 Å². The minimum Gasteiger partial charge on any atom is -0.259 e. The maximum absolute atomic E-state index is 10.2. The average molecular weight is 155 g/mol. The molecule has 1 aliphatic rings. The summed E-state index contributed by atoms with van der Waals surface area (Å²) in [4.78, 5) is 9.75. The van der Waals surface area contributed by atoms with E-state index in [1.54, 1.807) is 6.08 Å². The molecule has 0 aromatic rings. The monoisotopic (exact) mass is 155 g/mol. The Balaban J connectivity index is 2.91. The highest BCUT2D eigenvalue weighted by Crippen LogP contribution is 2.13. The molecule has 0 aromatic heterocycles. The number of allylic oxidation sites excluding steroid dienone is 1. The van der Waals surface area contributed by atoms with Crippen molar-refractivity contribution in [3.8, 4) is 0 Å². The fourth-order valence-corrected chi connectivity index (χ4v) is 0.899. The van der Waals surface area contributed by atoms with E-state index in [9.17, 15) is 10.1 Å². The lowest BCUT2D eigenvalue weighted by atomic mass is 10.2. The van der Waals surface area contributed by atoms with Gasteiger partial charge >= 0.3 is 0 Å². The van der Waals surface area contributed by atoms with Crippen molar-refractivity contribution >= 4 is 12.6 Å². The Morgan fingerprint density at radius 1 is 1.80 bits per heavy atom. The molecule has 0 aliphatic heterocycles. The van der Waals surface area contributed by atoms with Gasteiger partial charge in [0, 0.05) is 6.08 Å². The quantitative estimate of drug-likeness (QED) is 0.267. The molecule has 3 nitrogen and oxygen atoms in total. The van der Waals surface area contributed by atoms with Crippen LogP contribution in [-0.4, -0.2) is 10.2 Å². The standard InChI is InChI=1S/C6H5NO2S/c8-7(9)5-3-1-2-4-6(5)10/h1,3-4,6,10H. The Morgan fingerprint density at radius 3 is 2.90 bits per heavy atom. The summed E-state index contributed by atoms with van der Waals surface area (Å²) in [5.74, 6) is 0. The van der Waals surface area contributed by atoms with Crippen molar-refractivity contribution in [3.05, 3.63) is 39.8 Å². The van der Waals surface area contributed by atoms with Crippen LogP contribution in [0.5, 0.6) is 0 Å². The van der Waals surface area contributed by atoms with Gasteiger partial charge in [0.25, 0.3) is 5.70 Å². The molecule has 4 heteroatoms. The van der Waals surface area contributed by atoms with Crippen LogP contribution in [0, 0.1) is 10.1 Å². The van der Waals surface area contributed by atoms with E-state index >= 15 is 0 Å². The van der Waals surface area contributed by atoms with E-state index in [0.29, 0.717) is 0 Å².